The lowest BCUT2D eigenvalue weighted by Crippen LogP contribution is -2.37. The second-order valence-electron chi connectivity index (χ2n) is 7.71. The van der Waals surface area contributed by atoms with E-state index in [-0.39, 0.29) is 30.9 Å². The number of hydrogen-bond acceptors (Lipinski definition) is 5. The van der Waals surface area contributed by atoms with Gasteiger partial charge in [0.1, 0.15) is 11.4 Å². The Balaban J connectivity index is 1.89. The van der Waals surface area contributed by atoms with Crippen LogP contribution in [0.4, 0.5) is 0 Å². The van der Waals surface area contributed by atoms with Gasteiger partial charge in [0.05, 0.1) is 20.3 Å². The van der Waals surface area contributed by atoms with Gasteiger partial charge in [0.2, 0.25) is 0 Å². The van der Waals surface area contributed by atoms with Gasteiger partial charge in [-0.3, -0.25) is 9.59 Å². The molecule has 0 saturated heterocycles. The predicted molar refractivity (Wildman–Crippen MR) is 117 cm³/mol. The molecule has 3 rings (SSSR count). The summed E-state index contributed by atoms with van der Waals surface area (Å²) in [6.45, 7) is 8.07. The molecule has 7 heteroatoms. The fraction of sp³-hybridized carbons (Fsp3) is 0.458. The molecule has 0 aliphatic heterocycles. The molecule has 0 N–H and O–H groups in total. The van der Waals surface area contributed by atoms with Gasteiger partial charge in [-0.05, 0) is 70.4 Å². The van der Waals surface area contributed by atoms with Gasteiger partial charge < -0.3 is 18.9 Å². The minimum absolute atomic E-state index is 0.0206. The quantitative estimate of drug-likeness (QED) is 0.450. The van der Waals surface area contributed by atoms with Crippen LogP contribution in [0, 0.1) is 13.8 Å². The van der Waals surface area contributed by atoms with Crippen LogP contribution in [0.25, 0.3) is 0 Å². The smallest absolute Gasteiger partial charge is 0.355 e. The monoisotopic (exact) mass is 426 g/mol. The van der Waals surface area contributed by atoms with Crippen LogP contribution in [0.3, 0.4) is 0 Å². The molecular formula is C24H30N2O5. The molecule has 1 aromatic heterocycles. The highest BCUT2D eigenvalue weighted by atomic mass is 16.5. The van der Waals surface area contributed by atoms with Crippen molar-refractivity contribution in [3.05, 3.63) is 52.3 Å². The number of Topliss-reactive ketones (excluding diaryl/α,β-unsaturated/α-hetero) is 1. The number of amides is 1. The minimum Gasteiger partial charge on any atom is -0.497 e. The predicted octanol–water partition coefficient (Wildman–Crippen LogP) is 3.80. The van der Waals surface area contributed by atoms with Crippen LogP contribution in [-0.2, 0) is 11.3 Å². The number of aromatic nitrogens is 1. The van der Waals surface area contributed by atoms with Gasteiger partial charge in [-0.2, -0.15) is 0 Å². The number of ether oxygens (including phenoxy) is 2. The Morgan fingerprint density at radius 1 is 1.10 bits per heavy atom. The summed E-state index contributed by atoms with van der Waals surface area (Å²) in [5, 5.41) is 0. The van der Waals surface area contributed by atoms with E-state index in [0.29, 0.717) is 34.7 Å². The fourth-order valence-electron chi connectivity index (χ4n) is 4.05. The summed E-state index contributed by atoms with van der Waals surface area (Å²) < 4.78 is 12.2. The molecule has 1 saturated carbocycles. The van der Waals surface area contributed by atoms with E-state index < -0.39 is 5.97 Å². The van der Waals surface area contributed by atoms with E-state index in [0.717, 1.165) is 18.5 Å². The summed E-state index contributed by atoms with van der Waals surface area (Å²) in [4.78, 5) is 40.6. The van der Waals surface area contributed by atoms with Crippen LogP contribution in [-0.4, -0.2) is 53.4 Å². The maximum Gasteiger partial charge on any atom is 0.355 e. The summed E-state index contributed by atoms with van der Waals surface area (Å²) in [6, 6.07) is 6.97. The lowest BCUT2D eigenvalue weighted by molar-refractivity contribution is 0.0512. The van der Waals surface area contributed by atoms with Crippen LogP contribution < -0.4 is 4.74 Å². The first-order valence-corrected chi connectivity index (χ1v) is 10.7. The topological polar surface area (TPSA) is 77.8 Å². The van der Waals surface area contributed by atoms with Gasteiger partial charge in [-0.1, -0.05) is 0 Å². The molecule has 1 aromatic carbocycles. The first kappa shape index (κ1) is 22.6. The molecule has 0 spiro atoms. The Bertz CT molecular complexity index is 986. The molecule has 1 aliphatic carbocycles. The molecular weight excluding hydrogens is 396 g/mol. The zero-order valence-electron chi connectivity index (χ0n) is 18.9. The van der Waals surface area contributed by atoms with E-state index in [1.165, 1.54) is 0 Å². The van der Waals surface area contributed by atoms with E-state index in [4.69, 9.17) is 9.47 Å². The van der Waals surface area contributed by atoms with E-state index in [9.17, 15) is 14.4 Å². The maximum atomic E-state index is 13.3. The second kappa shape index (κ2) is 9.37. The fourth-order valence-corrected chi connectivity index (χ4v) is 4.05. The van der Waals surface area contributed by atoms with Crippen molar-refractivity contribution in [3.8, 4) is 5.75 Å². The summed E-state index contributed by atoms with van der Waals surface area (Å²) in [7, 11) is 1.57. The van der Waals surface area contributed by atoms with Crippen LogP contribution in [0.1, 0.15) is 69.2 Å². The second-order valence-corrected chi connectivity index (χ2v) is 7.71. The molecule has 1 fully saturated rings. The number of carbonyl (C=O) groups is 3. The molecule has 0 unspecified atom stereocenters. The summed E-state index contributed by atoms with van der Waals surface area (Å²) in [5.41, 5.74) is 2.76. The molecule has 7 nitrogen and oxygen atoms in total. The number of methoxy groups -OCH3 is 1. The van der Waals surface area contributed by atoms with Crippen molar-refractivity contribution in [2.75, 3.05) is 20.3 Å². The normalized spacial score (nSPS) is 13.1. The molecule has 31 heavy (non-hydrogen) atoms. The SMILES string of the molecule is CCOC(=O)c1c(C)c(C(=O)CN(C(=O)c2ccc(OC)cc2)C2CC2)c(C)n1CC. The van der Waals surface area contributed by atoms with Gasteiger partial charge in [-0.15, -0.1) is 0 Å². The summed E-state index contributed by atoms with van der Waals surface area (Å²) in [5.74, 6) is -0.0996. The zero-order valence-corrected chi connectivity index (χ0v) is 18.9. The number of nitrogens with zero attached hydrogens (tertiary/aromatic N) is 2. The highest BCUT2D eigenvalue weighted by Crippen LogP contribution is 2.30. The number of rotatable bonds is 9. The highest BCUT2D eigenvalue weighted by molar-refractivity contribution is 6.06. The summed E-state index contributed by atoms with van der Waals surface area (Å²) in [6.07, 6.45) is 1.77. The first-order valence-electron chi connectivity index (χ1n) is 10.7. The number of hydrogen-bond donors (Lipinski definition) is 0. The van der Waals surface area contributed by atoms with Crippen LogP contribution in [0.15, 0.2) is 24.3 Å². The van der Waals surface area contributed by atoms with Crippen molar-refractivity contribution in [2.45, 2.75) is 53.1 Å². The molecule has 1 heterocycles. The third-order valence-corrected chi connectivity index (χ3v) is 5.73. The molecule has 166 valence electrons. The molecule has 0 radical (unpaired) electrons. The summed E-state index contributed by atoms with van der Waals surface area (Å²) >= 11 is 0. The Morgan fingerprint density at radius 3 is 2.26 bits per heavy atom. The third kappa shape index (κ3) is 4.50. The van der Waals surface area contributed by atoms with Gasteiger partial charge in [-0.25, -0.2) is 4.79 Å². The number of ketones is 1. The van der Waals surface area contributed by atoms with Crippen molar-refractivity contribution in [1.29, 1.82) is 0 Å². The Hall–Kier alpha value is -3.09. The zero-order chi connectivity index (χ0) is 22.7. The largest absolute Gasteiger partial charge is 0.497 e. The van der Waals surface area contributed by atoms with Crippen LogP contribution in [0.5, 0.6) is 5.75 Å². The molecule has 2 aromatic rings. The van der Waals surface area contributed by atoms with Gasteiger partial charge in [0.15, 0.2) is 5.78 Å². The van der Waals surface area contributed by atoms with E-state index in [2.05, 4.69) is 0 Å². The standard InChI is InChI=1S/C24H30N2O5/c1-6-25-16(4)21(15(3)22(25)24(29)31-7-2)20(27)14-26(18-10-11-18)23(28)17-8-12-19(30-5)13-9-17/h8-9,12-13,18H,6-7,10-11,14H2,1-5H3. The number of esters is 1. The number of benzene rings is 1. The van der Waals surface area contributed by atoms with Crippen LogP contribution in [0.2, 0.25) is 0 Å². The van der Waals surface area contributed by atoms with Crippen molar-refractivity contribution < 1.29 is 23.9 Å². The first-order chi connectivity index (χ1) is 14.8. The van der Waals surface area contributed by atoms with Gasteiger partial charge in [0, 0.05) is 29.4 Å². The Morgan fingerprint density at radius 2 is 1.74 bits per heavy atom. The highest BCUT2D eigenvalue weighted by Gasteiger charge is 2.36. The van der Waals surface area contributed by atoms with E-state index >= 15 is 0 Å². The Labute approximate surface area is 182 Å². The molecule has 0 atom stereocenters. The molecule has 1 amide bonds. The van der Waals surface area contributed by atoms with Gasteiger partial charge >= 0.3 is 5.97 Å². The average Bonchev–Trinajstić information content (AvgIpc) is 3.56. The maximum absolute atomic E-state index is 13.3. The average molecular weight is 427 g/mol. The third-order valence-electron chi connectivity index (χ3n) is 5.73. The van der Waals surface area contributed by atoms with Crippen LogP contribution >= 0.6 is 0 Å². The van der Waals surface area contributed by atoms with Crippen molar-refractivity contribution in [1.82, 2.24) is 9.47 Å². The van der Waals surface area contributed by atoms with Gasteiger partial charge in [0.25, 0.3) is 5.91 Å². The lowest BCUT2D eigenvalue weighted by atomic mass is 10.0. The van der Waals surface area contributed by atoms with Crippen molar-refractivity contribution in [2.24, 2.45) is 0 Å². The van der Waals surface area contributed by atoms with E-state index in [1.807, 2.05) is 18.4 Å². The Kier molecular flexibility index (Phi) is 6.83. The van der Waals surface area contributed by atoms with Crippen molar-refractivity contribution in [3.63, 3.8) is 0 Å². The molecule has 1 aliphatic rings. The lowest BCUT2D eigenvalue weighted by Gasteiger charge is -2.22. The van der Waals surface area contributed by atoms with Crippen molar-refractivity contribution >= 4 is 17.7 Å². The number of carbonyl (C=O) groups excluding carboxylic acids is 3. The molecule has 0 bridgehead atoms. The minimum atomic E-state index is -0.433. The van der Waals surface area contributed by atoms with E-state index in [1.54, 1.807) is 50.1 Å².